The number of piperazine rings is 1. The van der Waals surface area contributed by atoms with Gasteiger partial charge in [0, 0.05) is 62.6 Å². The van der Waals surface area contributed by atoms with Crippen molar-refractivity contribution in [2.75, 3.05) is 78.9 Å². The predicted molar refractivity (Wildman–Crippen MR) is 169 cm³/mol. The molecule has 244 valence electrons. The monoisotopic (exact) mass is 607 g/mol. The van der Waals surface area contributed by atoms with Crippen molar-refractivity contribution in [2.45, 2.75) is 81.1 Å². The maximum Gasteiger partial charge on any atom is 0.228 e. The average molecular weight is 608 g/mol. The number of halogens is 1. The van der Waals surface area contributed by atoms with E-state index in [1.54, 1.807) is 0 Å². The van der Waals surface area contributed by atoms with Crippen LogP contribution in [0.15, 0.2) is 0 Å². The number of nitrogens with two attached hydrogens (primary N) is 1. The third-order valence-electron chi connectivity index (χ3n) is 7.82. The molecule has 2 saturated heterocycles. The van der Waals surface area contributed by atoms with E-state index in [2.05, 4.69) is 22.5 Å². The standard InChI is InChI=1S/C11H21NO3.C10H20N2O.C9H20N2O.ClH/c1-3-10(2)11(13)8-15-9-12-4-6-14-7-5-12;1-4-10(2,3)9(13)12-7-5-11-6-8-12;1-4-9(2,3)8(12)11-7-5-6-10;/h10H,3-9H2,1-2H3;11H,4-8H2,1-3H3;4-7,10H2,1-3H3,(H,11,12);1H. The van der Waals surface area contributed by atoms with Crippen LogP contribution in [0.3, 0.4) is 0 Å². The molecule has 0 aromatic carbocycles. The first-order valence-corrected chi connectivity index (χ1v) is 15.2. The maximum absolute atomic E-state index is 11.9. The number of ether oxygens (including phenoxy) is 2. The molecule has 0 aliphatic carbocycles. The first-order chi connectivity index (χ1) is 18.9. The second-order valence-electron chi connectivity index (χ2n) is 11.9. The van der Waals surface area contributed by atoms with Crippen LogP contribution in [0.1, 0.15) is 81.1 Å². The topological polar surface area (TPSA) is 126 Å². The lowest BCUT2D eigenvalue weighted by Crippen LogP contribution is -2.50. The van der Waals surface area contributed by atoms with Gasteiger partial charge in [-0.3, -0.25) is 19.3 Å². The molecule has 2 amide bonds. The highest BCUT2D eigenvalue weighted by atomic mass is 35.5. The summed E-state index contributed by atoms with van der Waals surface area (Å²) in [7, 11) is 0. The second kappa shape index (κ2) is 23.2. The molecule has 2 fully saturated rings. The number of hydrogen-bond acceptors (Lipinski definition) is 8. The van der Waals surface area contributed by atoms with Crippen LogP contribution >= 0.6 is 12.4 Å². The molecule has 0 aromatic rings. The molecule has 0 spiro atoms. The Hall–Kier alpha value is -1.30. The Morgan fingerprint density at radius 2 is 1.54 bits per heavy atom. The third-order valence-corrected chi connectivity index (χ3v) is 7.82. The van der Waals surface area contributed by atoms with Crippen LogP contribution in [0.5, 0.6) is 0 Å². The van der Waals surface area contributed by atoms with E-state index in [0.717, 1.165) is 78.2 Å². The van der Waals surface area contributed by atoms with Gasteiger partial charge in [0.05, 0.1) is 19.9 Å². The van der Waals surface area contributed by atoms with Crippen LogP contribution in [0.25, 0.3) is 0 Å². The normalized spacial score (nSPS) is 16.7. The first-order valence-electron chi connectivity index (χ1n) is 15.2. The molecule has 2 aliphatic heterocycles. The van der Waals surface area contributed by atoms with Crippen LogP contribution in [0, 0.1) is 16.7 Å². The molecule has 4 N–H and O–H groups in total. The Morgan fingerprint density at radius 1 is 0.976 bits per heavy atom. The van der Waals surface area contributed by atoms with Crippen LogP contribution in [0.4, 0.5) is 0 Å². The number of carbonyl (C=O) groups is 3. The van der Waals surface area contributed by atoms with Gasteiger partial charge in [0.15, 0.2) is 5.78 Å². The molecule has 1 atom stereocenters. The summed E-state index contributed by atoms with van der Waals surface area (Å²) in [6, 6.07) is 0. The van der Waals surface area contributed by atoms with Crippen molar-refractivity contribution in [3.8, 4) is 0 Å². The fourth-order valence-corrected chi connectivity index (χ4v) is 3.53. The summed E-state index contributed by atoms with van der Waals surface area (Å²) in [5.74, 6) is 0.746. The third kappa shape index (κ3) is 18.1. The van der Waals surface area contributed by atoms with Gasteiger partial charge in [-0.25, -0.2) is 0 Å². The van der Waals surface area contributed by atoms with Crippen LogP contribution in [-0.2, 0) is 23.9 Å². The number of Topliss-reactive ketones (excluding diaryl/α,β-unsaturated/α-hetero) is 1. The lowest BCUT2D eigenvalue weighted by atomic mass is 9.88. The maximum atomic E-state index is 11.9. The summed E-state index contributed by atoms with van der Waals surface area (Å²) in [6.07, 6.45) is 3.52. The van der Waals surface area contributed by atoms with E-state index in [4.69, 9.17) is 15.2 Å². The lowest BCUT2D eigenvalue weighted by molar-refractivity contribution is -0.141. The van der Waals surface area contributed by atoms with Crippen molar-refractivity contribution in [3.05, 3.63) is 0 Å². The Kier molecular flexibility index (Phi) is 23.7. The van der Waals surface area contributed by atoms with E-state index < -0.39 is 0 Å². The summed E-state index contributed by atoms with van der Waals surface area (Å²) in [5, 5.41) is 6.10. The molecule has 0 aromatic heterocycles. The number of carbonyl (C=O) groups excluding carboxylic acids is 3. The molecule has 1 unspecified atom stereocenters. The van der Waals surface area contributed by atoms with Crippen molar-refractivity contribution in [2.24, 2.45) is 22.5 Å². The van der Waals surface area contributed by atoms with Crippen molar-refractivity contribution in [1.82, 2.24) is 20.4 Å². The highest BCUT2D eigenvalue weighted by Gasteiger charge is 2.30. The molecule has 11 heteroatoms. The van der Waals surface area contributed by atoms with E-state index in [1.807, 2.05) is 53.4 Å². The van der Waals surface area contributed by atoms with Gasteiger partial charge in [0.25, 0.3) is 0 Å². The van der Waals surface area contributed by atoms with Gasteiger partial charge in [-0.2, -0.15) is 0 Å². The molecule has 0 radical (unpaired) electrons. The number of amides is 2. The quantitative estimate of drug-likeness (QED) is 0.273. The van der Waals surface area contributed by atoms with E-state index in [0.29, 0.717) is 25.7 Å². The number of nitrogens with one attached hydrogen (secondary N) is 2. The lowest BCUT2D eigenvalue weighted by Gasteiger charge is -2.34. The summed E-state index contributed by atoms with van der Waals surface area (Å²) >= 11 is 0. The Morgan fingerprint density at radius 3 is 2.02 bits per heavy atom. The van der Waals surface area contributed by atoms with Crippen LogP contribution in [-0.4, -0.2) is 106 Å². The Bertz CT molecular complexity index is 711. The van der Waals surface area contributed by atoms with Crippen molar-refractivity contribution in [1.29, 1.82) is 0 Å². The van der Waals surface area contributed by atoms with Crippen molar-refractivity contribution < 1.29 is 23.9 Å². The fourth-order valence-electron chi connectivity index (χ4n) is 3.53. The van der Waals surface area contributed by atoms with Gasteiger partial charge < -0.3 is 30.7 Å². The predicted octanol–water partition coefficient (Wildman–Crippen LogP) is 3.07. The minimum Gasteiger partial charge on any atom is -0.379 e. The van der Waals surface area contributed by atoms with E-state index in [1.165, 1.54) is 0 Å². The minimum atomic E-state index is -0.241. The second-order valence-corrected chi connectivity index (χ2v) is 11.9. The number of ketones is 1. The molecule has 41 heavy (non-hydrogen) atoms. The molecule has 2 aliphatic rings. The molecular formula is C30H62ClN5O5. The largest absolute Gasteiger partial charge is 0.379 e. The van der Waals surface area contributed by atoms with Crippen molar-refractivity contribution >= 4 is 30.0 Å². The number of nitrogens with zero attached hydrogens (tertiary/aromatic N) is 2. The minimum absolute atomic E-state index is 0. The molecular weight excluding hydrogens is 546 g/mol. The van der Waals surface area contributed by atoms with E-state index in [-0.39, 0.29) is 47.5 Å². The summed E-state index contributed by atoms with van der Waals surface area (Å²) in [5.41, 5.74) is 4.88. The van der Waals surface area contributed by atoms with Gasteiger partial charge in [-0.15, -0.1) is 12.4 Å². The van der Waals surface area contributed by atoms with E-state index >= 15 is 0 Å². The van der Waals surface area contributed by atoms with Crippen LogP contribution < -0.4 is 16.4 Å². The molecule has 2 rings (SSSR count). The van der Waals surface area contributed by atoms with Crippen LogP contribution in [0.2, 0.25) is 0 Å². The summed E-state index contributed by atoms with van der Waals surface area (Å²) in [6.45, 7) is 25.0. The number of rotatable bonds is 13. The zero-order valence-corrected chi connectivity index (χ0v) is 28.1. The van der Waals surface area contributed by atoms with Gasteiger partial charge in [0.2, 0.25) is 11.8 Å². The molecule has 0 saturated carbocycles. The zero-order chi connectivity index (χ0) is 30.6. The highest BCUT2D eigenvalue weighted by molar-refractivity contribution is 5.85. The van der Waals surface area contributed by atoms with Gasteiger partial charge >= 0.3 is 0 Å². The smallest absolute Gasteiger partial charge is 0.228 e. The Labute approximate surface area is 256 Å². The highest BCUT2D eigenvalue weighted by Crippen LogP contribution is 2.23. The summed E-state index contributed by atoms with van der Waals surface area (Å²) < 4.78 is 10.6. The van der Waals surface area contributed by atoms with Gasteiger partial charge in [-0.05, 0) is 32.2 Å². The number of hydrogen-bond donors (Lipinski definition) is 3. The Balaban J connectivity index is 0. The van der Waals surface area contributed by atoms with E-state index in [9.17, 15) is 14.4 Å². The van der Waals surface area contributed by atoms with Gasteiger partial charge in [-0.1, -0.05) is 55.4 Å². The average Bonchev–Trinajstić information content (AvgIpc) is 2.97. The first kappa shape index (κ1) is 41.8. The fraction of sp³-hybridized carbons (Fsp3) is 0.900. The molecule has 0 bridgehead atoms. The summed E-state index contributed by atoms with van der Waals surface area (Å²) in [4.78, 5) is 38.9. The zero-order valence-electron chi connectivity index (χ0n) is 27.3. The van der Waals surface area contributed by atoms with Gasteiger partial charge in [0.1, 0.15) is 6.61 Å². The molecule has 10 nitrogen and oxygen atoms in total. The number of morpholine rings is 1. The van der Waals surface area contributed by atoms with Crippen molar-refractivity contribution in [3.63, 3.8) is 0 Å². The molecule has 2 heterocycles. The SMILES string of the molecule is CCC(C)(C)C(=O)N1CCNCC1.CCC(C)(C)C(=O)NCCCN.CCC(C)C(=O)COCN1CCOCC1.Cl.